The number of hydrogen-bond donors (Lipinski definition) is 1. The van der Waals surface area contributed by atoms with Gasteiger partial charge in [0.05, 0.1) is 11.0 Å². The molecule has 0 saturated carbocycles. The Hall–Kier alpha value is -3.44. The van der Waals surface area contributed by atoms with E-state index in [0.29, 0.717) is 6.07 Å². The predicted molar refractivity (Wildman–Crippen MR) is 60.5 cm³/mol. The number of halogens is 1. The molecule has 92 valence electrons. The normalized spacial score (nSPS) is 8.53. The van der Waals surface area contributed by atoms with Crippen LogP contribution in [0.1, 0.15) is 0 Å². The Kier molecular flexibility index (Phi) is 4.13. The standard InChI is InChI=1S/C11H4FN5O2/c12-8-1-2-9(11(3-8)17(18)19)16-10(6-15)7(4-13)5-14/h1-3,16H. The maximum Gasteiger partial charge on any atom is 0.295 e. The number of anilines is 1. The average molecular weight is 257 g/mol. The molecule has 7 nitrogen and oxygen atoms in total. The number of nitrogens with zero attached hydrogens (tertiary/aromatic N) is 4. The van der Waals surface area contributed by atoms with Crippen LogP contribution in [0.15, 0.2) is 29.5 Å². The summed E-state index contributed by atoms with van der Waals surface area (Å²) in [6.07, 6.45) is 0. The average Bonchev–Trinajstić information content (AvgIpc) is 2.40. The van der Waals surface area contributed by atoms with E-state index in [1.807, 2.05) is 0 Å². The quantitative estimate of drug-likeness (QED) is 0.501. The summed E-state index contributed by atoms with van der Waals surface area (Å²) in [4.78, 5) is 9.87. The molecule has 0 fully saturated rings. The minimum Gasteiger partial charge on any atom is -0.340 e. The Morgan fingerprint density at radius 2 is 1.89 bits per heavy atom. The van der Waals surface area contributed by atoms with E-state index in [1.54, 1.807) is 6.07 Å². The van der Waals surface area contributed by atoms with Crippen LogP contribution in [0.2, 0.25) is 0 Å². The fourth-order valence-electron chi connectivity index (χ4n) is 1.18. The van der Waals surface area contributed by atoms with Crippen LogP contribution in [-0.4, -0.2) is 4.92 Å². The molecule has 0 amide bonds. The van der Waals surface area contributed by atoms with Gasteiger partial charge in [0.15, 0.2) is 5.57 Å². The molecule has 1 N–H and O–H groups in total. The van der Waals surface area contributed by atoms with Gasteiger partial charge >= 0.3 is 0 Å². The van der Waals surface area contributed by atoms with Crippen LogP contribution >= 0.6 is 0 Å². The van der Waals surface area contributed by atoms with Crippen LogP contribution in [0.4, 0.5) is 15.8 Å². The lowest BCUT2D eigenvalue weighted by Gasteiger charge is -2.05. The summed E-state index contributed by atoms with van der Waals surface area (Å²) in [5.41, 5.74) is -1.77. The Morgan fingerprint density at radius 3 is 2.37 bits per heavy atom. The number of nitro benzene ring substituents is 1. The molecule has 8 heteroatoms. The molecule has 1 rings (SSSR count). The number of allylic oxidation sites excluding steroid dienone is 2. The van der Waals surface area contributed by atoms with Crippen molar-refractivity contribution in [2.45, 2.75) is 0 Å². The van der Waals surface area contributed by atoms with Crippen molar-refractivity contribution in [1.82, 2.24) is 0 Å². The van der Waals surface area contributed by atoms with Crippen molar-refractivity contribution in [2.24, 2.45) is 0 Å². The van der Waals surface area contributed by atoms with Crippen molar-refractivity contribution in [2.75, 3.05) is 5.32 Å². The van der Waals surface area contributed by atoms with Crippen LogP contribution in [0, 0.1) is 49.9 Å². The summed E-state index contributed by atoms with van der Waals surface area (Å²) >= 11 is 0. The van der Waals surface area contributed by atoms with Gasteiger partial charge in [0.25, 0.3) is 5.69 Å². The van der Waals surface area contributed by atoms with Crippen molar-refractivity contribution in [1.29, 1.82) is 15.8 Å². The highest BCUT2D eigenvalue weighted by Crippen LogP contribution is 2.26. The van der Waals surface area contributed by atoms with Crippen LogP contribution in [-0.2, 0) is 0 Å². The second kappa shape index (κ2) is 5.76. The molecule has 0 aromatic heterocycles. The van der Waals surface area contributed by atoms with E-state index in [1.165, 1.54) is 12.1 Å². The van der Waals surface area contributed by atoms with Gasteiger partial charge in [-0.15, -0.1) is 0 Å². The molecule has 19 heavy (non-hydrogen) atoms. The van der Waals surface area contributed by atoms with E-state index in [-0.39, 0.29) is 5.69 Å². The van der Waals surface area contributed by atoms with E-state index in [9.17, 15) is 14.5 Å². The van der Waals surface area contributed by atoms with Crippen molar-refractivity contribution in [3.05, 3.63) is 45.4 Å². The molecule has 0 bridgehead atoms. The minimum atomic E-state index is -0.848. The van der Waals surface area contributed by atoms with Gasteiger partial charge in [-0.2, -0.15) is 15.8 Å². The molecule has 0 radical (unpaired) electrons. The minimum absolute atomic E-state index is 0.189. The molecule has 0 unspecified atom stereocenters. The molecule has 0 aliphatic rings. The molecule has 0 spiro atoms. The Bertz CT molecular complexity index is 675. The van der Waals surface area contributed by atoms with E-state index in [0.717, 1.165) is 12.1 Å². The fourth-order valence-corrected chi connectivity index (χ4v) is 1.18. The lowest BCUT2D eigenvalue weighted by Crippen LogP contribution is -2.04. The molecular formula is C11H4FN5O2. The topological polar surface area (TPSA) is 127 Å². The van der Waals surface area contributed by atoms with Gasteiger partial charge in [-0.3, -0.25) is 10.1 Å². The SMILES string of the molecule is N#CC(C#N)=C(C#N)Nc1ccc(F)cc1[N+](=O)[O-]. The summed E-state index contributed by atoms with van der Waals surface area (Å²) in [7, 11) is 0. The molecular weight excluding hydrogens is 253 g/mol. The smallest absolute Gasteiger partial charge is 0.295 e. The number of nitriles is 3. The van der Waals surface area contributed by atoms with E-state index in [4.69, 9.17) is 15.8 Å². The van der Waals surface area contributed by atoms with E-state index in [2.05, 4.69) is 5.32 Å². The zero-order valence-electron chi connectivity index (χ0n) is 9.22. The van der Waals surface area contributed by atoms with Gasteiger partial charge in [0.2, 0.25) is 0 Å². The Labute approximate surface area is 106 Å². The second-order valence-corrected chi connectivity index (χ2v) is 3.13. The predicted octanol–water partition coefficient (Wildman–Crippen LogP) is 1.97. The van der Waals surface area contributed by atoms with Crippen molar-refractivity contribution in [3.63, 3.8) is 0 Å². The van der Waals surface area contributed by atoms with Gasteiger partial charge in [-0.25, -0.2) is 4.39 Å². The first kappa shape index (κ1) is 13.6. The van der Waals surface area contributed by atoms with Gasteiger partial charge < -0.3 is 5.32 Å². The lowest BCUT2D eigenvalue weighted by atomic mass is 10.2. The van der Waals surface area contributed by atoms with Gasteiger partial charge in [-0.1, -0.05) is 0 Å². The molecule has 1 aromatic rings. The van der Waals surface area contributed by atoms with Gasteiger partial charge in [0, 0.05) is 0 Å². The molecule has 0 atom stereocenters. The summed E-state index contributed by atoms with van der Waals surface area (Å²) < 4.78 is 12.9. The zero-order valence-corrected chi connectivity index (χ0v) is 9.22. The summed E-state index contributed by atoms with van der Waals surface area (Å²) in [5, 5.41) is 39.0. The highest BCUT2D eigenvalue weighted by molar-refractivity contribution is 5.67. The first-order chi connectivity index (χ1) is 9.03. The monoisotopic (exact) mass is 257 g/mol. The largest absolute Gasteiger partial charge is 0.340 e. The maximum atomic E-state index is 12.9. The summed E-state index contributed by atoms with van der Waals surface area (Å²) in [6.45, 7) is 0. The summed E-state index contributed by atoms with van der Waals surface area (Å²) in [5.74, 6) is -0.819. The van der Waals surface area contributed by atoms with Crippen molar-refractivity contribution >= 4 is 11.4 Å². The third-order valence-corrected chi connectivity index (χ3v) is 2.00. The van der Waals surface area contributed by atoms with Crippen molar-refractivity contribution in [3.8, 4) is 18.2 Å². The molecule has 1 aromatic carbocycles. The first-order valence-corrected chi connectivity index (χ1v) is 4.69. The number of benzene rings is 1. The third-order valence-electron chi connectivity index (χ3n) is 2.00. The number of nitro groups is 1. The molecule has 0 aliphatic carbocycles. The Balaban J connectivity index is 3.32. The van der Waals surface area contributed by atoms with Gasteiger partial charge in [-0.05, 0) is 12.1 Å². The lowest BCUT2D eigenvalue weighted by molar-refractivity contribution is -0.384. The second-order valence-electron chi connectivity index (χ2n) is 3.13. The van der Waals surface area contributed by atoms with Crippen molar-refractivity contribution < 1.29 is 9.31 Å². The van der Waals surface area contributed by atoms with E-state index >= 15 is 0 Å². The zero-order chi connectivity index (χ0) is 14.4. The summed E-state index contributed by atoms with van der Waals surface area (Å²) in [6, 6.07) is 7.13. The number of rotatable bonds is 3. The fraction of sp³-hybridized carbons (Fsp3) is 0. The highest BCUT2D eigenvalue weighted by Gasteiger charge is 2.17. The highest BCUT2D eigenvalue weighted by atomic mass is 19.1. The molecule has 0 aliphatic heterocycles. The molecule has 0 saturated heterocycles. The van der Waals surface area contributed by atoms with Crippen LogP contribution < -0.4 is 5.32 Å². The van der Waals surface area contributed by atoms with Crippen LogP contribution in [0.3, 0.4) is 0 Å². The van der Waals surface area contributed by atoms with Gasteiger partial charge in [0.1, 0.15) is 35.4 Å². The number of hydrogen-bond acceptors (Lipinski definition) is 6. The van der Waals surface area contributed by atoms with E-state index < -0.39 is 27.7 Å². The Morgan fingerprint density at radius 1 is 1.26 bits per heavy atom. The van der Waals surface area contributed by atoms with Crippen LogP contribution in [0.25, 0.3) is 0 Å². The first-order valence-electron chi connectivity index (χ1n) is 4.69. The van der Waals surface area contributed by atoms with Crippen LogP contribution in [0.5, 0.6) is 0 Å². The third kappa shape index (κ3) is 3.02. The maximum absolute atomic E-state index is 12.9. The number of nitrogens with one attached hydrogen (secondary N) is 1. The molecule has 0 heterocycles.